The van der Waals surface area contributed by atoms with Crippen LogP contribution in [0.2, 0.25) is 0 Å². The van der Waals surface area contributed by atoms with E-state index >= 15 is 0 Å². The van der Waals surface area contributed by atoms with Crippen LogP contribution in [0.3, 0.4) is 0 Å². The lowest BCUT2D eigenvalue weighted by Crippen LogP contribution is -2.36. The minimum atomic E-state index is -1.65. The Morgan fingerprint density at radius 2 is 2.45 bits per heavy atom. The van der Waals surface area contributed by atoms with Gasteiger partial charge in [-0.3, -0.25) is 4.79 Å². The predicted molar refractivity (Wildman–Crippen MR) is 36.1 cm³/mol. The summed E-state index contributed by atoms with van der Waals surface area (Å²) in [5, 5.41) is 8.51. The summed E-state index contributed by atoms with van der Waals surface area (Å²) >= 11 is 0. The van der Waals surface area contributed by atoms with E-state index in [-0.39, 0.29) is 13.0 Å². The molecule has 2 unspecified atom stereocenters. The molecule has 3 nitrogen and oxygen atoms in total. The van der Waals surface area contributed by atoms with Crippen LogP contribution in [0.15, 0.2) is 0 Å². The SMILES string of the molecule is CC(C(=O)O)C1(F)CCOC1. The average Bonchev–Trinajstić information content (AvgIpc) is 2.35. The first-order chi connectivity index (χ1) is 5.06. The zero-order valence-electron chi connectivity index (χ0n) is 6.34. The van der Waals surface area contributed by atoms with Crippen molar-refractivity contribution in [3.8, 4) is 0 Å². The van der Waals surface area contributed by atoms with Crippen molar-refractivity contribution in [2.24, 2.45) is 5.92 Å². The van der Waals surface area contributed by atoms with Crippen LogP contribution < -0.4 is 0 Å². The van der Waals surface area contributed by atoms with Crippen LogP contribution in [-0.2, 0) is 9.53 Å². The lowest BCUT2D eigenvalue weighted by molar-refractivity contribution is -0.146. The van der Waals surface area contributed by atoms with Crippen molar-refractivity contribution >= 4 is 5.97 Å². The van der Waals surface area contributed by atoms with E-state index in [1.54, 1.807) is 0 Å². The molecule has 1 aliphatic heterocycles. The highest BCUT2D eigenvalue weighted by atomic mass is 19.1. The maximum Gasteiger partial charge on any atom is 0.309 e. The van der Waals surface area contributed by atoms with Gasteiger partial charge in [-0.15, -0.1) is 0 Å². The zero-order chi connectivity index (χ0) is 8.48. The van der Waals surface area contributed by atoms with Crippen LogP contribution >= 0.6 is 0 Å². The number of carbonyl (C=O) groups is 1. The summed E-state index contributed by atoms with van der Waals surface area (Å²) < 4.78 is 18.2. The molecule has 0 aromatic heterocycles. The lowest BCUT2D eigenvalue weighted by atomic mass is 9.90. The van der Waals surface area contributed by atoms with Crippen LogP contribution in [0.1, 0.15) is 13.3 Å². The molecule has 2 atom stereocenters. The van der Waals surface area contributed by atoms with E-state index in [0.717, 1.165) is 0 Å². The van der Waals surface area contributed by atoms with E-state index < -0.39 is 17.6 Å². The summed E-state index contributed by atoms with van der Waals surface area (Å²) in [6.07, 6.45) is 0.195. The molecule has 1 rings (SSSR count). The molecule has 1 fully saturated rings. The summed E-state index contributed by atoms with van der Waals surface area (Å²) in [5.74, 6) is -2.07. The number of halogens is 1. The summed E-state index contributed by atoms with van der Waals surface area (Å²) in [4.78, 5) is 10.4. The van der Waals surface area contributed by atoms with E-state index in [0.29, 0.717) is 6.61 Å². The van der Waals surface area contributed by atoms with Crippen LogP contribution in [0.4, 0.5) is 4.39 Å². The number of carboxylic acid groups (broad SMARTS) is 1. The van der Waals surface area contributed by atoms with Crippen LogP contribution in [0, 0.1) is 5.92 Å². The maximum atomic E-state index is 13.5. The Morgan fingerprint density at radius 1 is 1.82 bits per heavy atom. The molecule has 0 radical (unpaired) electrons. The normalized spacial score (nSPS) is 33.6. The van der Waals surface area contributed by atoms with Gasteiger partial charge >= 0.3 is 5.97 Å². The molecule has 1 aliphatic rings. The van der Waals surface area contributed by atoms with Gasteiger partial charge in [-0.2, -0.15) is 0 Å². The minimum Gasteiger partial charge on any atom is -0.481 e. The molecule has 0 bridgehead atoms. The van der Waals surface area contributed by atoms with Crippen molar-refractivity contribution in [3.63, 3.8) is 0 Å². The largest absolute Gasteiger partial charge is 0.481 e. The van der Waals surface area contributed by atoms with Gasteiger partial charge in [-0.05, 0) is 6.92 Å². The zero-order valence-corrected chi connectivity index (χ0v) is 6.34. The van der Waals surface area contributed by atoms with Crippen LogP contribution in [-0.4, -0.2) is 30.0 Å². The number of aliphatic carboxylic acids is 1. The van der Waals surface area contributed by atoms with Gasteiger partial charge in [-0.1, -0.05) is 0 Å². The van der Waals surface area contributed by atoms with Gasteiger partial charge in [0, 0.05) is 13.0 Å². The highest BCUT2D eigenvalue weighted by Gasteiger charge is 2.43. The number of ether oxygens (including phenoxy) is 1. The van der Waals surface area contributed by atoms with Gasteiger partial charge in [-0.25, -0.2) is 4.39 Å². The van der Waals surface area contributed by atoms with Gasteiger partial charge in [0.25, 0.3) is 0 Å². The molecule has 1 N–H and O–H groups in total. The minimum absolute atomic E-state index is 0.0829. The molecule has 11 heavy (non-hydrogen) atoms. The lowest BCUT2D eigenvalue weighted by Gasteiger charge is -2.21. The van der Waals surface area contributed by atoms with Crippen molar-refractivity contribution in [2.45, 2.75) is 19.0 Å². The molecule has 0 aromatic carbocycles. The van der Waals surface area contributed by atoms with Crippen molar-refractivity contribution in [3.05, 3.63) is 0 Å². The van der Waals surface area contributed by atoms with E-state index in [1.807, 2.05) is 0 Å². The number of hydrogen-bond donors (Lipinski definition) is 1. The van der Waals surface area contributed by atoms with Crippen LogP contribution in [0.5, 0.6) is 0 Å². The summed E-state index contributed by atoms with van der Waals surface area (Å²) in [5.41, 5.74) is -1.65. The standard InChI is InChI=1S/C7H11FO3/c1-5(6(9)10)7(8)2-3-11-4-7/h5H,2-4H2,1H3,(H,9,10). The molecule has 0 saturated carbocycles. The molecular formula is C7H11FO3. The van der Waals surface area contributed by atoms with Gasteiger partial charge in [0.05, 0.1) is 12.5 Å². The fraction of sp³-hybridized carbons (Fsp3) is 0.857. The van der Waals surface area contributed by atoms with E-state index in [2.05, 4.69) is 0 Å². The Kier molecular flexibility index (Phi) is 2.13. The van der Waals surface area contributed by atoms with Crippen LogP contribution in [0.25, 0.3) is 0 Å². The Labute approximate surface area is 64.2 Å². The third kappa shape index (κ3) is 1.50. The van der Waals surface area contributed by atoms with Gasteiger partial charge in [0.15, 0.2) is 0 Å². The van der Waals surface area contributed by atoms with Crippen molar-refractivity contribution < 1.29 is 19.0 Å². The second kappa shape index (κ2) is 2.77. The van der Waals surface area contributed by atoms with E-state index in [1.165, 1.54) is 6.92 Å². The Morgan fingerprint density at radius 3 is 2.82 bits per heavy atom. The molecule has 0 aliphatic carbocycles. The Bertz CT molecular complexity index is 163. The molecule has 64 valence electrons. The first kappa shape index (κ1) is 8.46. The molecule has 1 heterocycles. The first-order valence-corrected chi connectivity index (χ1v) is 3.56. The maximum absolute atomic E-state index is 13.5. The highest BCUT2D eigenvalue weighted by Crippen LogP contribution is 2.31. The van der Waals surface area contributed by atoms with E-state index in [9.17, 15) is 9.18 Å². The van der Waals surface area contributed by atoms with E-state index in [4.69, 9.17) is 9.84 Å². The third-order valence-corrected chi connectivity index (χ3v) is 2.15. The summed E-state index contributed by atoms with van der Waals surface area (Å²) in [6.45, 7) is 1.62. The summed E-state index contributed by atoms with van der Waals surface area (Å²) in [6, 6.07) is 0. The number of hydrogen-bond acceptors (Lipinski definition) is 2. The van der Waals surface area contributed by atoms with Crippen molar-refractivity contribution in [1.82, 2.24) is 0 Å². The molecule has 0 amide bonds. The van der Waals surface area contributed by atoms with Crippen molar-refractivity contribution in [2.75, 3.05) is 13.2 Å². The number of carboxylic acids is 1. The monoisotopic (exact) mass is 162 g/mol. The smallest absolute Gasteiger partial charge is 0.309 e. The van der Waals surface area contributed by atoms with Gasteiger partial charge < -0.3 is 9.84 Å². The topological polar surface area (TPSA) is 46.5 Å². The number of alkyl halides is 1. The second-order valence-corrected chi connectivity index (χ2v) is 2.90. The molecule has 0 spiro atoms. The van der Waals surface area contributed by atoms with Gasteiger partial charge in [0.1, 0.15) is 5.67 Å². The molecular weight excluding hydrogens is 151 g/mol. The third-order valence-electron chi connectivity index (χ3n) is 2.15. The fourth-order valence-electron chi connectivity index (χ4n) is 1.12. The predicted octanol–water partition coefficient (Wildman–Crippen LogP) is 0.836. The van der Waals surface area contributed by atoms with Gasteiger partial charge in [0.2, 0.25) is 0 Å². The quantitative estimate of drug-likeness (QED) is 0.654. The second-order valence-electron chi connectivity index (χ2n) is 2.90. The fourth-order valence-corrected chi connectivity index (χ4v) is 1.12. The Balaban J connectivity index is 2.63. The van der Waals surface area contributed by atoms with Crippen molar-refractivity contribution in [1.29, 1.82) is 0 Å². The first-order valence-electron chi connectivity index (χ1n) is 3.56. The molecule has 0 aromatic rings. The molecule has 4 heteroatoms. The Hall–Kier alpha value is -0.640. The average molecular weight is 162 g/mol. The molecule has 1 saturated heterocycles. The number of rotatable bonds is 2. The summed E-state index contributed by atoms with van der Waals surface area (Å²) in [7, 11) is 0. The highest BCUT2D eigenvalue weighted by molar-refractivity contribution is 5.71.